The number of hydrogen-bond donors (Lipinski definition) is 0. The zero-order valence-corrected chi connectivity index (χ0v) is 8.41. The summed E-state index contributed by atoms with van der Waals surface area (Å²) in [5, 5.41) is 10.4. The Labute approximate surface area is 90.0 Å². The van der Waals surface area contributed by atoms with Gasteiger partial charge in [0, 0.05) is 6.07 Å². The highest BCUT2D eigenvalue weighted by atomic mass is 19.4. The van der Waals surface area contributed by atoms with Gasteiger partial charge in [-0.15, -0.1) is 0 Å². The van der Waals surface area contributed by atoms with Crippen LogP contribution in [0.25, 0.3) is 0 Å². The van der Waals surface area contributed by atoms with Crippen LogP contribution in [0.3, 0.4) is 0 Å². The summed E-state index contributed by atoms with van der Waals surface area (Å²) >= 11 is 0. The lowest BCUT2D eigenvalue weighted by molar-refractivity contribution is -0.388. The van der Waals surface area contributed by atoms with E-state index in [1.54, 1.807) is 6.92 Å². The molecule has 3 nitrogen and oxygen atoms in total. The number of halogens is 3. The summed E-state index contributed by atoms with van der Waals surface area (Å²) in [6.07, 6.45) is -4.73. The van der Waals surface area contributed by atoms with Crippen LogP contribution >= 0.6 is 0 Å². The topological polar surface area (TPSA) is 43.1 Å². The number of nitrogens with zero attached hydrogens (tertiary/aromatic N) is 1. The van der Waals surface area contributed by atoms with Crippen LogP contribution in [0.15, 0.2) is 18.2 Å². The first-order valence-electron chi connectivity index (χ1n) is 4.42. The van der Waals surface area contributed by atoms with Crippen LogP contribution in [0.5, 0.6) is 0 Å². The zero-order valence-electron chi connectivity index (χ0n) is 8.41. The molecular formula is C10H9F3NO2. The molecule has 0 spiro atoms. The molecule has 1 aromatic rings. The minimum atomic E-state index is -4.73. The van der Waals surface area contributed by atoms with E-state index >= 15 is 0 Å². The monoisotopic (exact) mass is 232 g/mol. The Morgan fingerprint density at radius 3 is 2.38 bits per heavy atom. The summed E-state index contributed by atoms with van der Waals surface area (Å²) < 4.78 is 37.6. The maximum Gasteiger partial charge on any atom is 0.423 e. The first-order chi connectivity index (χ1) is 7.23. The maximum atomic E-state index is 12.5. The summed E-state index contributed by atoms with van der Waals surface area (Å²) in [6, 6.07) is 2.92. The summed E-state index contributed by atoms with van der Waals surface area (Å²) in [5.41, 5.74) is -1.85. The number of nitro benzene ring substituents is 1. The van der Waals surface area contributed by atoms with Gasteiger partial charge in [0.15, 0.2) is 0 Å². The van der Waals surface area contributed by atoms with Crippen molar-refractivity contribution in [2.45, 2.75) is 19.0 Å². The van der Waals surface area contributed by atoms with E-state index in [9.17, 15) is 23.3 Å². The molecule has 1 atom stereocenters. The number of nitro groups is 1. The van der Waals surface area contributed by atoms with Gasteiger partial charge in [-0.05, 0) is 24.5 Å². The quantitative estimate of drug-likeness (QED) is 0.578. The van der Waals surface area contributed by atoms with Gasteiger partial charge in [0.05, 0.1) is 4.92 Å². The van der Waals surface area contributed by atoms with Crippen molar-refractivity contribution in [3.8, 4) is 0 Å². The molecular weight excluding hydrogens is 223 g/mol. The van der Waals surface area contributed by atoms with E-state index in [2.05, 4.69) is 6.92 Å². The summed E-state index contributed by atoms with van der Waals surface area (Å²) in [5.74, 6) is -0.359. The Kier molecular flexibility index (Phi) is 3.21. The number of rotatable bonds is 2. The molecule has 0 bridgehead atoms. The molecule has 0 fully saturated rings. The minimum absolute atomic E-state index is 0.318. The number of hydrogen-bond acceptors (Lipinski definition) is 2. The van der Waals surface area contributed by atoms with Crippen molar-refractivity contribution >= 4 is 5.69 Å². The first kappa shape index (κ1) is 12.5. The molecule has 0 aliphatic carbocycles. The molecule has 0 aromatic heterocycles. The van der Waals surface area contributed by atoms with Crippen LogP contribution in [0.1, 0.15) is 24.0 Å². The molecule has 16 heavy (non-hydrogen) atoms. The molecule has 0 amide bonds. The van der Waals surface area contributed by atoms with E-state index in [1.807, 2.05) is 0 Å². The molecule has 0 saturated carbocycles. The highest BCUT2D eigenvalue weighted by Gasteiger charge is 2.38. The molecule has 1 aromatic carbocycles. The minimum Gasteiger partial charge on any atom is -0.258 e. The second-order valence-corrected chi connectivity index (χ2v) is 3.43. The Hall–Kier alpha value is -1.59. The van der Waals surface area contributed by atoms with Crippen LogP contribution in [-0.4, -0.2) is 4.92 Å². The van der Waals surface area contributed by atoms with Crippen molar-refractivity contribution in [2.75, 3.05) is 0 Å². The molecule has 87 valence electrons. The van der Waals surface area contributed by atoms with E-state index in [0.29, 0.717) is 5.56 Å². The highest BCUT2D eigenvalue weighted by Crippen LogP contribution is 2.37. The maximum absolute atomic E-state index is 12.5. The third-order valence-electron chi connectivity index (χ3n) is 2.09. The van der Waals surface area contributed by atoms with Gasteiger partial charge in [0.1, 0.15) is 5.56 Å². The Bertz CT molecular complexity index is 413. The smallest absolute Gasteiger partial charge is 0.258 e. The van der Waals surface area contributed by atoms with E-state index in [1.165, 1.54) is 6.07 Å². The molecule has 0 heterocycles. The van der Waals surface area contributed by atoms with E-state index in [0.717, 1.165) is 12.1 Å². The van der Waals surface area contributed by atoms with Gasteiger partial charge < -0.3 is 0 Å². The molecule has 0 aliphatic heterocycles. The fourth-order valence-electron chi connectivity index (χ4n) is 1.25. The van der Waals surface area contributed by atoms with Crippen LogP contribution in [0.2, 0.25) is 0 Å². The van der Waals surface area contributed by atoms with E-state index in [4.69, 9.17) is 0 Å². The van der Waals surface area contributed by atoms with Gasteiger partial charge in [-0.3, -0.25) is 10.1 Å². The van der Waals surface area contributed by atoms with Crippen molar-refractivity contribution < 1.29 is 18.1 Å². The normalized spacial score (nSPS) is 11.9. The van der Waals surface area contributed by atoms with Crippen molar-refractivity contribution in [3.63, 3.8) is 0 Å². The van der Waals surface area contributed by atoms with Crippen molar-refractivity contribution in [3.05, 3.63) is 46.4 Å². The lowest BCUT2D eigenvalue weighted by Gasteiger charge is -2.11. The third-order valence-corrected chi connectivity index (χ3v) is 2.09. The second kappa shape index (κ2) is 4.11. The predicted octanol–water partition coefficient (Wildman–Crippen LogP) is 3.55. The van der Waals surface area contributed by atoms with Crippen molar-refractivity contribution in [2.24, 2.45) is 0 Å². The van der Waals surface area contributed by atoms with Gasteiger partial charge in [-0.1, -0.05) is 13.0 Å². The Balaban J connectivity index is 3.39. The van der Waals surface area contributed by atoms with E-state index < -0.39 is 22.4 Å². The summed E-state index contributed by atoms with van der Waals surface area (Å²) in [4.78, 5) is 9.40. The van der Waals surface area contributed by atoms with Gasteiger partial charge in [-0.2, -0.15) is 13.2 Å². The van der Waals surface area contributed by atoms with Crippen LogP contribution in [0.4, 0.5) is 18.9 Å². The second-order valence-electron chi connectivity index (χ2n) is 3.43. The number of benzene rings is 1. The zero-order chi connectivity index (χ0) is 12.5. The molecule has 0 aliphatic rings. The largest absolute Gasteiger partial charge is 0.423 e. The summed E-state index contributed by atoms with van der Waals surface area (Å²) in [7, 11) is 0. The molecule has 0 saturated heterocycles. The SMILES string of the molecule is [CH2]C(C)c1ccc([N+](=O)[O-])c(C(F)(F)F)c1. The van der Waals surface area contributed by atoms with Crippen LogP contribution < -0.4 is 0 Å². The average molecular weight is 232 g/mol. The van der Waals surface area contributed by atoms with Crippen molar-refractivity contribution in [1.82, 2.24) is 0 Å². The lowest BCUT2D eigenvalue weighted by atomic mass is 9.99. The summed E-state index contributed by atoms with van der Waals surface area (Å²) in [6.45, 7) is 5.18. The predicted molar refractivity (Wildman–Crippen MR) is 51.9 cm³/mol. The average Bonchev–Trinajstić information content (AvgIpc) is 2.15. The fraction of sp³-hybridized carbons (Fsp3) is 0.300. The van der Waals surface area contributed by atoms with Gasteiger partial charge >= 0.3 is 6.18 Å². The van der Waals surface area contributed by atoms with Crippen LogP contribution in [0, 0.1) is 17.0 Å². The van der Waals surface area contributed by atoms with Gasteiger partial charge in [0.2, 0.25) is 0 Å². The standard InChI is InChI=1S/C10H9F3NO2/c1-6(2)7-3-4-9(14(15)16)8(5-7)10(11,12)13/h3-6H,1H2,2H3. The molecule has 1 radical (unpaired) electrons. The van der Waals surface area contributed by atoms with Gasteiger partial charge in [0.25, 0.3) is 5.69 Å². The Morgan fingerprint density at radius 1 is 1.44 bits per heavy atom. The molecule has 1 unspecified atom stereocenters. The lowest BCUT2D eigenvalue weighted by Crippen LogP contribution is -2.09. The van der Waals surface area contributed by atoms with E-state index in [-0.39, 0.29) is 5.92 Å². The molecule has 6 heteroatoms. The van der Waals surface area contributed by atoms with Gasteiger partial charge in [-0.25, -0.2) is 0 Å². The van der Waals surface area contributed by atoms with Crippen LogP contribution in [-0.2, 0) is 6.18 Å². The highest BCUT2D eigenvalue weighted by molar-refractivity contribution is 5.45. The van der Waals surface area contributed by atoms with Crippen molar-refractivity contribution in [1.29, 1.82) is 0 Å². The fourth-order valence-corrected chi connectivity index (χ4v) is 1.25. The molecule has 0 N–H and O–H groups in total. The number of alkyl halides is 3. The first-order valence-corrected chi connectivity index (χ1v) is 4.42. The third kappa shape index (κ3) is 2.50. The Morgan fingerprint density at radius 2 is 2.00 bits per heavy atom. The molecule has 1 rings (SSSR count).